The Hall–Kier alpha value is -1.53. The van der Waals surface area contributed by atoms with Gasteiger partial charge in [-0.1, -0.05) is 12.1 Å². The number of benzene rings is 1. The molecular formula is C12H15N3O2S. The van der Waals surface area contributed by atoms with E-state index < -0.39 is 6.10 Å². The van der Waals surface area contributed by atoms with Gasteiger partial charge in [-0.3, -0.25) is 4.57 Å². The molecule has 0 spiro atoms. The van der Waals surface area contributed by atoms with E-state index in [-0.39, 0.29) is 5.69 Å². The minimum atomic E-state index is -0.469. The Morgan fingerprint density at radius 2 is 2.11 bits per heavy atom. The fraction of sp³-hybridized carbons (Fsp3) is 0.333. The highest BCUT2D eigenvalue weighted by atomic mass is 32.2. The predicted molar refractivity (Wildman–Crippen MR) is 69.7 cm³/mol. The van der Waals surface area contributed by atoms with Crippen LogP contribution in [-0.2, 0) is 6.54 Å². The molecule has 1 aromatic carbocycles. The van der Waals surface area contributed by atoms with Crippen LogP contribution in [0.4, 0.5) is 0 Å². The molecule has 1 atom stereocenters. The molecule has 0 aliphatic carbocycles. The van der Waals surface area contributed by atoms with Gasteiger partial charge in [0, 0.05) is 11.4 Å². The minimum Gasteiger partial charge on any atom is -0.389 e. The molecule has 96 valence electrons. The molecule has 0 bridgehead atoms. The van der Waals surface area contributed by atoms with E-state index in [1.807, 2.05) is 31.2 Å². The summed E-state index contributed by atoms with van der Waals surface area (Å²) < 4.78 is 1.58. The zero-order valence-electron chi connectivity index (χ0n) is 10.3. The van der Waals surface area contributed by atoms with Crippen LogP contribution in [0.3, 0.4) is 0 Å². The molecule has 1 aromatic heterocycles. The number of aromatic nitrogens is 3. The first-order valence-electron chi connectivity index (χ1n) is 5.73. The molecule has 5 nitrogen and oxygen atoms in total. The van der Waals surface area contributed by atoms with Crippen LogP contribution in [0.15, 0.2) is 39.1 Å². The van der Waals surface area contributed by atoms with E-state index in [0.717, 1.165) is 10.5 Å². The molecule has 18 heavy (non-hydrogen) atoms. The summed E-state index contributed by atoms with van der Waals surface area (Å²) in [5.41, 5.74) is 0.676. The smallest absolute Gasteiger partial charge is 0.343 e. The summed E-state index contributed by atoms with van der Waals surface area (Å²) in [5.74, 6) is 0. The van der Waals surface area contributed by atoms with Gasteiger partial charge in [0.15, 0.2) is 5.16 Å². The third kappa shape index (κ3) is 2.65. The van der Waals surface area contributed by atoms with E-state index in [2.05, 4.69) is 10.2 Å². The second-order valence-electron chi connectivity index (χ2n) is 3.90. The highest BCUT2D eigenvalue weighted by molar-refractivity contribution is 7.99. The number of nitrogens with zero attached hydrogens (tertiary/aromatic N) is 2. The van der Waals surface area contributed by atoms with Crippen molar-refractivity contribution in [1.82, 2.24) is 14.8 Å². The number of H-pyrrole nitrogens is 1. The Bertz CT molecular complexity index is 572. The number of hydrogen-bond acceptors (Lipinski definition) is 4. The molecule has 0 unspecified atom stereocenters. The van der Waals surface area contributed by atoms with Gasteiger partial charge in [0.2, 0.25) is 0 Å². The number of aromatic amines is 1. The molecule has 0 radical (unpaired) electrons. The minimum absolute atomic E-state index is 0.194. The molecule has 1 heterocycles. The van der Waals surface area contributed by atoms with Gasteiger partial charge >= 0.3 is 5.69 Å². The molecule has 0 aliphatic rings. The lowest BCUT2D eigenvalue weighted by atomic mass is 10.1. The summed E-state index contributed by atoms with van der Waals surface area (Å²) in [6.07, 6.45) is -0.469. The molecule has 0 fully saturated rings. The van der Waals surface area contributed by atoms with Gasteiger partial charge in [-0.15, -0.1) is 5.10 Å². The third-order valence-electron chi connectivity index (χ3n) is 2.61. The zero-order valence-corrected chi connectivity index (χ0v) is 11.1. The lowest BCUT2D eigenvalue weighted by molar-refractivity contribution is 0.199. The van der Waals surface area contributed by atoms with Crippen LogP contribution in [0.2, 0.25) is 0 Å². The summed E-state index contributed by atoms with van der Waals surface area (Å²) in [6, 6.07) is 7.56. The summed E-state index contributed by atoms with van der Waals surface area (Å²) in [6.45, 7) is 4.21. The molecule has 2 aromatic rings. The standard InChI is InChI=1S/C12H15N3O2S/c1-3-15-11(17)13-14-12(15)18-10-6-4-9(5-7-10)8(2)16/h4-8,16H,3H2,1-2H3,(H,13,17)/t8-/m1/s1. The first-order chi connectivity index (χ1) is 8.61. The van der Waals surface area contributed by atoms with Crippen molar-refractivity contribution < 1.29 is 5.11 Å². The predicted octanol–water partition coefficient (Wildman–Crippen LogP) is 1.80. The lowest BCUT2D eigenvalue weighted by Gasteiger charge is -2.06. The molecule has 6 heteroatoms. The van der Waals surface area contributed by atoms with Crippen molar-refractivity contribution >= 4 is 11.8 Å². The summed E-state index contributed by atoms with van der Waals surface area (Å²) in [4.78, 5) is 12.4. The Balaban J connectivity index is 2.21. The SMILES string of the molecule is CCn1c(Sc2ccc([C@@H](C)O)cc2)n[nH]c1=O. The number of rotatable bonds is 4. The molecule has 0 saturated carbocycles. The highest BCUT2D eigenvalue weighted by Crippen LogP contribution is 2.26. The van der Waals surface area contributed by atoms with Crippen molar-refractivity contribution in [1.29, 1.82) is 0 Å². The van der Waals surface area contributed by atoms with Crippen LogP contribution in [0, 0.1) is 0 Å². The van der Waals surface area contributed by atoms with Crippen molar-refractivity contribution in [2.45, 2.75) is 36.5 Å². The highest BCUT2D eigenvalue weighted by Gasteiger charge is 2.08. The van der Waals surface area contributed by atoms with Gasteiger partial charge in [0.1, 0.15) is 0 Å². The van der Waals surface area contributed by atoms with Crippen LogP contribution in [-0.4, -0.2) is 19.9 Å². The van der Waals surface area contributed by atoms with Gasteiger partial charge < -0.3 is 5.11 Å². The molecule has 0 aliphatic heterocycles. The van der Waals surface area contributed by atoms with Crippen LogP contribution in [0.5, 0.6) is 0 Å². The van der Waals surface area contributed by atoms with E-state index in [1.165, 1.54) is 11.8 Å². The fourth-order valence-corrected chi connectivity index (χ4v) is 2.48. The Morgan fingerprint density at radius 1 is 1.44 bits per heavy atom. The maximum atomic E-state index is 11.4. The van der Waals surface area contributed by atoms with E-state index in [4.69, 9.17) is 0 Å². The average Bonchev–Trinajstić information content (AvgIpc) is 2.70. The van der Waals surface area contributed by atoms with E-state index >= 15 is 0 Å². The van der Waals surface area contributed by atoms with Crippen molar-refractivity contribution in [2.75, 3.05) is 0 Å². The third-order valence-corrected chi connectivity index (χ3v) is 3.61. The van der Waals surface area contributed by atoms with E-state index in [9.17, 15) is 9.90 Å². The first-order valence-corrected chi connectivity index (χ1v) is 6.54. The summed E-state index contributed by atoms with van der Waals surface area (Å²) in [7, 11) is 0. The van der Waals surface area contributed by atoms with Crippen LogP contribution >= 0.6 is 11.8 Å². The molecule has 2 N–H and O–H groups in total. The number of aliphatic hydroxyl groups is 1. The summed E-state index contributed by atoms with van der Waals surface area (Å²) in [5, 5.41) is 16.5. The number of nitrogens with one attached hydrogen (secondary N) is 1. The van der Waals surface area contributed by atoms with Crippen molar-refractivity contribution in [3.63, 3.8) is 0 Å². The molecule has 0 amide bonds. The maximum absolute atomic E-state index is 11.4. The average molecular weight is 265 g/mol. The van der Waals surface area contributed by atoms with E-state index in [0.29, 0.717) is 11.7 Å². The molecule has 2 rings (SSSR count). The van der Waals surface area contributed by atoms with Crippen LogP contribution in [0.25, 0.3) is 0 Å². The maximum Gasteiger partial charge on any atom is 0.343 e. The molecule has 0 saturated heterocycles. The van der Waals surface area contributed by atoms with E-state index in [1.54, 1.807) is 11.5 Å². The van der Waals surface area contributed by atoms with Gasteiger partial charge in [-0.2, -0.15) is 0 Å². The van der Waals surface area contributed by atoms with Crippen molar-refractivity contribution in [3.8, 4) is 0 Å². The van der Waals surface area contributed by atoms with Crippen molar-refractivity contribution in [2.24, 2.45) is 0 Å². The largest absolute Gasteiger partial charge is 0.389 e. The molecular weight excluding hydrogens is 250 g/mol. The Kier molecular flexibility index (Phi) is 3.88. The van der Waals surface area contributed by atoms with Crippen LogP contribution in [0.1, 0.15) is 25.5 Å². The Labute approximate surface area is 109 Å². The van der Waals surface area contributed by atoms with Crippen LogP contribution < -0.4 is 5.69 Å². The normalized spacial score (nSPS) is 12.6. The second-order valence-corrected chi connectivity index (χ2v) is 4.94. The van der Waals surface area contributed by atoms with Gasteiger partial charge in [-0.05, 0) is 43.3 Å². The van der Waals surface area contributed by atoms with Gasteiger partial charge in [-0.25, -0.2) is 9.89 Å². The number of hydrogen-bond donors (Lipinski definition) is 2. The second kappa shape index (κ2) is 5.41. The van der Waals surface area contributed by atoms with Crippen molar-refractivity contribution in [3.05, 3.63) is 40.3 Å². The zero-order chi connectivity index (χ0) is 13.1. The topological polar surface area (TPSA) is 70.9 Å². The monoisotopic (exact) mass is 265 g/mol. The first kappa shape index (κ1) is 12.9. The van der Waals surface area contributed by atoms with Gasteiger partial charge in [0.05, 0.1) is 6.10 Å². The number of aliphatic hydroxyl groups excluding tert-OH is 1. The lowest BCUT2D eigenvalue weighted by Crippen LogP contribution is -2.15. The quantitative estimate of drug-likeness (QED) is 0.884. The Morgan fingerprint density at radius 3 is 2.67 bits per heavy atom. The fourth-order valence-electron chi connectivity index (χ4n) is 1.58. The summed E-state index contributed by atoms with van der Waals surface area (Å²) >= 11 is 1.42. The van der Waals surface area contributed by atoms with Gasteiger partial charge in [0.25, 0.3) is 0 Å².